The molecule has 2 fully saturated rings. The first-order chi connectivity index (χ1) is 16.6. The maximum atomic E-state index is 13.4. The number of hydrogen-bond donors (Lipinski definition) is 2. The molecule has 2 aromatic rings. The van der Waals surface area contributed by atoms with Gasteiger partial charge in [-0.05, 0) is 44.1 Å². The molecule has 0 spiro atoms. The third-order valence-electron chi connectivity index (χ3n) is 6.60. The molecule has 1 aromatic heterocycles. The van der Waals surface area contributed by atoms with Crippen LogP contribution in [0.2, 0.25) is 0 Å². The van der Waals surface area contributed by atoms with Gasteiger partial charge in [-0.25, -0.2) is 9.78 Å². The topological polar surface area (TPSA) is 91.8 Å². The van der Waals surface area contributed by atoms with Gasteiger partial charge in [0, 0.05) is 12.1 Å². The van der Waals surface area contributed by atoms with Gasteiger partial charge in [0.2, 0.25) is 0 Å². The number of rotatable bonds is 9. The van der Waals surface area contributed by atoms with Crippen LogP contribution in [0, 0.1) is 0 Å². The van der Waals surface area contributed by atoms with E-state index in [1.807, 2.05) is 18.2 Å². The fourth-order valence-corrected chi connectivity index (χ4v) is 6.52. The number of carbonyl (C=O) groups is 2. The number of ether oxygens (including phenoxy) is 1. The van der Waals surface area contributed by atoms with Crippen LogP contribution in [0.4, 0.5) is 9.93 Å². The zero-order chi connectivity index (χ0) is 23.8. The lowest BCUT2D eigenvalue weighted by atomic mass is 9.88. The van der Waals surface area contributed by atoms with Crippen molar-refractivity contribution in [1.29, 1.82) is 0 Å². The predicted molar refractivity (Wildman–Crippen MR) is 135 cm³/mol. The maximum Gasteiger partial charge on any atom is 0.324 e. The fourth-order valence-electron chi connectivity index (χ4n) is 4.94. The molecule has 0 unspecified atom stereocenters. The summed E-state index contributed by atoms with van der Waals surface area (Å²) in [6.45, 7) is 0.634. The van der Waals surface area contributed by atoms with Crippen molar-refractivity contribution in [3.05, 3.63) is 42.1 Å². The summed E-state index contributed by atoms with van der Waals surface area (Å²) in [6.07, 6.45) is 11.3. The molecule has 2 N–H and O–H groups in total. The minimum Gasteiger partial charge on any atom is -0.481 e. The van der Waals surface area contributed by atoms with Crippen LogP contribution in [0.3, 0.4) is 0 Å². The summed E-state index contributed by atoms with van der Waals surface area (Å²) in [5, 5.41) is 12.4. The summed E-state index contributed by atoms with van der Waals surface area (Å²) in [5.41, 5.74) is 1.19. The van der Waals surface area contributed by atoms with Gasteiger partial charge in [0.25, 0.3) is 0 Å². The smallest absolute Gasteiger partial charge is 0.324 e. The van der Waals surface area contributed by atoms with Gasteiger partial charge in [0.05, 0.1) is 28.9 Å². The second-order valence-corrected chi connectivity index (χ2v) is 11.3. The van der Waals surface area contributed by atoms with Crippen molar-refractivity contribution in [3.63, 3.8) is 0 Å². The Morgan fingerprint density at radius 2 is 1.76 bits per heavy atom. The number of thiazole rings is 1. The van der Waals surface area contributed by atoms with Crippen molar-refractivity contribution >= 4 is 40.2 Å². The molecule has 1 aromatic carbocycles. The third kappa shape index (κ3) is 7.20. The normalized spacial score (nSPS) is 21.2. The molecule has 9 heteroatoms. The number of aromatic nitrogens is 1. The van der Waals surface area contributed by atoms with E-state index in [1.54, 1.807) is 6.20 Å². The Hall–Kier alpha value is -2.10. The molecule has 0 bridgehead atoms. The fraction of sp³-hybridized carbons (Fsp3) is 0.560. The number of amides is 2. The van der Waals surface area contributed by atoms with Crippen LogP contribution >= 0.6 is 23.1 Å². The largest absolute Gasteiger partial charge is 0.481 e. The number of hydrogen-bond acceptors (Lipinski definition) is 6. The van der Waals surface area contributed by atoms with Crippen molar-refractivity contribution in [1.82, 2.24) is 9.88 Å². The summed E-state index contributed by atoms with van der Waals surface area (Å²) in [6, 6.07) is 10.7. The van der Waals surface area contributed by atoms with Crippen molar-refractivity contribution in [2.75, 3.05) is 11.1 Å². The summed E-state index contributed by atoms with van der Waals surface area (Å²) < 4.78 is 6.96. The molecule has 184 valence electrons. The van der Waals surface area contributed by atoms with Crippen LogP contribution in [-0.2, 0) is 16.1 Å². The van der Waals surface area contributed by atoms with E-state index in [4.69, 9.17) is 9.84 Å². The van der Waals surface area contributed by atoms with E-state index in [0.717, 1.165) is 55.6 Å². The molecule has 2 amide bonds. The minimum atomic E-state index is -0.865. The number of carbonyl (C=O) groups excluding carboxylic acids is 1. The Balaban J connectivity index is 1.34. The number of anilines is 1. The summed E-state index contributed by atoms with van der Waals surface area (Å²) in [4.78, 5) is 30.6. The van der Waals surface area contributed by atoms with Crippen LogP contribution in [0.25, 0.3) is 0 Å². The van der Waals surface area contributed by atoms with Gasteiger partial charge in [-0.15, -0.1) is 11.8 Å². The molecule has 2 saturated carbocycles. The number of urea groups is 1. The van der Waals surface area contributed by atoms with E-state index in [1.165, 1.54) is 35.1 Å². The molecule has 7 nitrogen and oxygen atoms in total. The lowest BCUT2D eigenvalue weighted by Crippen LogP contribution is -2.51. The van der Waals surface area contributed by atoms with Gasteiger partial charge in [0.1, 0.15) is 0 Å². The van der Waals surface area contributed by atoms with Gasteiger partial charge >= 0.3 is 12.0 Å². The second-order valence-electron chi connectivity index (χ2n) is 9.02. The van der Waals surface area contributed by atoms with Crippen LogP contribution in [0.15, 0.2) is 40.7 Å². The molecular formula is C25H33N3O4S2. The Labute approximate surface area is 209 Å². The van der Waals surface area contributed by atoms with Gasteiger partial charge in [-0.1, -0.05) is 60.9 Å². The predicted octanol–water partition coefficient (Wildman–Crippen LogP) is 6.01. The van der Waals surface area contributed by atoms with Crippen molar-refractivity contribution in [3.8, 4) is 0 Å². The number of thioether (sulfide) groups is 1. The van der Waals surface area contributed by atoms with Crippen LogP contribution in [0.5, 0.6) is 0 Å². The minimum absolute atomic E-state index is 0.0145. The SMILES string of the molecule is O=C(O)CSc1cnc(NC(=O)N(C2CCCCC2)C2CCC(OCc3ccccc3)CC2)s1. The maximum absolute atomic E-state index is 13.4. The number of nitrogens with one attached hydrogen (secondary N) is 1. The van der Waals surface area contributed by atoms with E-state index >= 15 is 0 Å². The summed E-state index contributed by atoms with van der Waals surface area (Å²) in [7, 11) is 0. The van der Waals surface area contributed by atoms with Gasteiger partial charge in [-0.3, -0.25) is 10.1 Å². The van der Waals surface area contributed by atoms with Gasteiger partial charge in [0.15, 0.2) is 5.13 Å². The highest BCUT2D eigenvalue weighted by atomic mass is 32.2. The average Bonchev–Trinajstić information content (AvgIpc) is 3.31. The Bertz CT molecular complexity index is 925. The number of aliphatic carboxylic acids is 1. The van der Waals surface area contributed by atoms with E-state index < -0.39 is 5.97 Å². The number of benzene rings is 1. The second kappa shape index (κ2) is 12.6. The molecule has 0 saturated heterocycles. The van der Waals surface area contributed by atoms with E-state index in [0.29, 0.717) is 11.7 Å². The van der Waals surface area contributed by atoms with Gasteiger partial charge in [-0.2, -0.15) is 0 Å². The lowest BCUT2D eigenvalue weighted by Gasteiger charge is -2.42. The Morgan fingerprint density at radius 1 is 1.06 bits per heavy atom. The summed E-state index contributed by atoms with van der Waals surface area (Å²) >= 11 is 2.55. The zero-order valence-corrected chi connectivity index (χ0v) is 21.0. The van der Waals surface area contributed by atoms with Crippen molar-refractivity contribution < 1.29 is 19.4 Å². The zero-order valence-electron chi connectivity index (χ0n) is 19.4. The molecule has 1 heterocycles. The Kier molecular flexibility index (Phi) is 9.24. The number of nitrogens with zero attached hydrogens (tertiary/aromatic N) is 2. The van der Waals surface area contributed by atoms with Crippen LogP contribution in [-0.4, -0.2) is 50.9 Å². The third-order valence-corrected chi connectivity index (χ3v) is 8.70. The molecule has 2 aliphatic carbocycles. The van der Waals surface area contributed by atoms with E-state index in [-0.39, 0.29) is 30.0 Å². The molecule has 34 heavy (non-hydrogen) atoms. The molecule has 4 rings (SSSR count). The van der Waals surface area contributed by atoms with Crippen LogP contribution in [0.1, 0.15) is 63.4 Å². The van der Waals surface area contributed by atoms with Crippen LogP contribution < -0.4 is 5.32 Å². The quantitative estimate of drug-likeness (QED) is 0.407. The number of carboxylic acid groups (broad SMARTS) is 1. The molecule has 0 aliphatic heterocycles. The molecule has 0 radical (unpaired) electrons. The monoisotopic (exact) mass is 503 g/mol. The van der Waals surface area contributed by atoms with Crippen molar-refractivity contribution in [2.24, 2.45) is 0 Å². The molecule has 0 atom stereocenters. The highest BCUT2D eigenvalue weighted by Gasteiger charge is 2.35. The molecule has 2 aliphatic rings. The highest BCUT2D eigenvalue weighted by Crippen LogP contribution is 2.33. The highest BCUT2D eigenvalue weighted by molar-refractivity contribution is 8.01. The first-order valence-corrected chi connectivity index (χ1v) is 13.9. The standard InChI is InChI=1S/C25H33N3O4S2/c29-22(30)17-33-23-15-26-24(34-23)27-25(31)28(19-9-5-2-6-10-19)20-11-13-21(14-12-20)32-16-18-7-3-1-4-8-18/h1,3-4,7-8,15,19-21H,2,5-6,9-14,16-17H2,(H,29,30)(H,26,27,31). The average molecular weight is 504 g/mol. The first-order valence-electron chi connectivity index (χ1n) is 12.1. The Morgan fingerprint density at radius 3 is 2.47 bits per heavy atom. The van der Waals surface area contributed by atoms with E-state index in [2.05, 4.69) is 27.3 Å². The van der Waals surface area contributed by atoms with Crippen molar-refractivity contribution in [2.45, 2.75) is 86.8 Å². The first kappa shape index (κ1) is 25.0. The lowest BCUT2D eigenvalue weighted by molar-refractivity contribution is -0.133. The molecular weight excluding hydrogens is 470 g/mol. The number of carboxylic acids is 1. The van der Waals surface area contributed by atoms with E-state index in [9.17, 15) is 9.59 Å². The summed E-state index contributed by atoms with van der Waals surface area (Å²) in [5.74, 6) is -0.880. The van der Waals surface area contributed by atoms with Gasteiger partial charge < -0.3 is 14.7 Å².